The van der Waals surface area contributed by atoms with Gasteiger partial charge in [-0.2, -0.15) is 0 Å². The molecule has 0 aliphatic carbocycles. The predicted octanol–water partition coefficient (Wildman–Crippen LogP) is 2.20. The van der Waals surface area contributed by atoms with Crippen LogP contribution in [0.3, 0.4) is 0 Å². The lowest BCUT2D eigenvalue weighted by atomic mass is 10.0. The molecule has 0 amide bonds. The Morgan fingerprint density at radius 3 is 2.80 bits per heavy atom. The second kappa shape index (κ2) is 5.05. The highest BCUT2D eigenvalue weighted by atomic mass is 16.5. The number of aliphatic imine (C=N–C) groups is 1. The van der Waals surface area contributed by atoms with Gasteiger partial charge in [-0.15, -0.1) is 0 Å². The van der Waals surface area contributed by atoms with E-state index in [0.717, 1.165) is 43.5 Å². The van der Waals surface area contributed by atoms with E-state index in [1.54, 1.807) is 0 Å². The van der Waals surface area contributed by atoms with Crippen LogP contribution < -0.4 is 0 Å². The maximum Gasteiger partial charge on any atom is 0.133 e. The maximum atomic E-state index is 5.15. The molecule has 1 saturated heterocycles. The van der Waals surface area contributed by atoms with Crippen LogP contribution in [0.1, 0.15) is 32.2 Å². The molecule has 0 spiro atoms. The molecule has 108 valence electrons. The molecule has 1 unspecified atom stereocenters. The van der Waals surface area contributed by atoms with Crippen molar-refractivity contribution in [2.75, 3.05) is 19.6 Å². The first kappa shape index (κ1) is 13.4. The third kappa shape index (κ3) is 2.38. The number of nitrogens with zero attached hydrogens (tertiary/aromatic N) is 4. The van der Waals surface area contributed by atoms with Crippen molar-refractivity contribution in [3.05, 3.63) is 28.8 Å². The molecule has 20 heavy (non-hydrogen) atoms. The Labute approximate surface area is 119 Å². The van der Waals surface area contributed by atoms with E-state index in [0.29, 0.717) is 6.04 Å². The molecule has 3 rings (SSSR count). The summed E-state index contributed by atoms with van der Waals surface area (Å²) in [5.41, 5.74) is 3.82. The summed E-state index contributed by atoms with van der Waals surface area (Å²) in [4.78, 5) is 9.49. The van der Waals surface area contributed by atoms with Crippen molar-refractivity contribution in [1.29, 1.82) is 0 Å². The molecule has 1 atom stereocenters. The third-order valence-corrected chi connectivity index (χ3v) is 4.25. The van der Waals surface area contributed by atoms with Crippen molar-refractivity contribution in [3.8, 4) is 0 Å². The van der Waals surface area contributed by atoms with E-state index in [1.165, 1.54) is 11.3 Å². The smallest absolute Gasteiger partial charge is 0.133 e. The van der Waals surface area contributed by atoms with Gasteiger partial charge in [0.05, 0.1) is 11.7 Å². The predicted molar refractivity (Wildman–Crippen MR) is 78.5 cm³/mol. The lowest BCUT2D eigenvalue weighted by Gasteiger charge is -2.41. The molecule has 1 aromatic rings. The highest BCUT2D eigenvalue weighted by Gasteiger charge is 2.29. The van der Waals surface area contributed by atoms with Crippen LogP contribution in [0, 0.1) is 6.92 Å². The molecule has 2 aliphatic heterocycles. The number of fused-ring (bicyclic) bond motifs is 1. The standard InChI is InChI=1S/C15H22N4O/c1-10-7-14(17-20-10)8-18-5-6-19-13(4)16-12(3)11(2)15(19)9-18/h7,12H,5-6,8-9H2,1-4H3. The van der Waals surface area contributed by atoms with Crippen LogP contribution in [-0.4, -0.2) is 46.5 Å². The Balaban J connectivity index is 1.75. The average molecular weight is 274 g/mol. The van der Waals surface area contributed by atoms with Crippen LogP contribution in [0.15, 0.2) is 26.9 Å². The fourth-order valence-electron chi connectivity index (χ4n) is 2.99. The fourth-order valence-corrected chi connectivity index (χ4v) is 2.99. The zero-order valence-corrected chi connectivity index (χ0v) is 12.7. The van der Waals surface area contributed by atoms with Gasteiger partial charge in [0.15, 0.2) is 0 Å². The highest BCUT2D eigenvalue weighted by Crippen LogP contribution is 2.26. The van der Waals surface area contributed by atoms with Gasteiger partial charge in [-0.1, -0.05) is 5.16 Å². The molecular weight excluding hydrogens is 252 g/mol. The van der Waals surface area contributed by atoms with Gasteiger partial charge in [0.1, 0.15) is 11.6 Å². The van der Waals surface area contributed by atoms with E-state index in [4.69, 9.17) is 9.52 Å². The Bertz CT molecular complexity index is 572. The van der Waals surface area contributed by atoms with Gasteiger partial charge in [-0.25, -0.2) is 0 Å². The van der Waals surface area contributed by atoms with E-state index in [9.17, 15) is 0 Å². The summed E-state index contributed by atoms with van der Waals surface area (Å²) in [7, 11) is 0. The molecular formula is C15H22N4O. The van der Waals surface area contributed by atoms with E-state index < -0.39 is 0 Å². The van der Waals surface area contributed by atoms with Crippen molar-refractivity contribution in [2.45, 2.75) is 40.3 Å². The second-order valence-electron chi connectivity index (χ2n) is 5.77. The summed E-state index contributed by atoms with van der Waals surface area (Å²) < 4.78 is 5.15. The van der Waals surface area contributed by atoms with E-state index in [1.807, 2.05) is 13.0 Å². The molecule has 0 saturated carbocycles. The van der Waals surface area contributed by atoms with Crippen LogP contribution in [0.5, 0.6) is 0 Å². The third-order valence-electron chi connectivity index (χ3n) is 4.25. The number of piperazine rings is 1. The minimum Gasteiger partial charge on any atom is -0.361 e. The van der Waals surface area contributed by atoms with Crippen LogP contribution >= 0.6 is 0 Å². The Hall–Kier alpha value is -1.62. The van der Waals surface area contributed by atoms with Crippen molar-refractivity contribution < 1.29 is 4.52 Å². The summed E-state index contributed by atoms with van der Waals surface area (Å²) in [5, 5.41) is 4.09. The number of rotatable bonds is 2. The van der Waals surface area contributed by atoms with Crippen LogP contribution in [0.2, 0.25) is 0 Å². The highest BCUT2D eigenvalue weighted by molar-refractivity contribution is 5.83. The Kier molecular flexibility index (Phi) is 3.38. The summed E-state index contributed by atoms with van der Waals surface area (Å²) in [6.07, 6.45) is 0. The number of hydrogen-bond donors (Lipinski definition) is 0. The van der Waals surface area contributed by atoms with Crippen molar-refractivity contribution in [1.82, 2.24) is 15.0 Å². The monoisotopic (exact) mass is 274 g/mol. The first-order valence-corrected chi connectivity index (χ1v) is 7.20. The largest absolute Gasteiger partial charge is 0.361 e. The first-order valence-electron chi connectivity index (χ1n) is 7.20. The van der Waals surface area contributed by atoms with Crippen LogP contribution in [0.4, 0.5) is 0 Å². The van der Waals surface area contributed by atoms with Crippen LogP contribution in [0.25, 0.3) is 0 Å². The van der Waals surface area contributed by atoms with Crippen molar-refractivity contribution in [2.24, 2.45) is 4.99 Å². The summed E-state index contributed by atoms with van der Waals surface area (Å²) in [5.74, 6) is 2.03. The van der Waals surface area contributed by atoms with Crippen molar-refractivity contribution >= 4 is 5.84 Å². The van der Waals surface area contributed by atoms with Gasteiger partial charge in [-0.05, 0) is 33.3 Å². The number of aromatic nitrogens is 1. The van der Waals surface area contributed by atoms with Crippen molar-refractivity contribution in [3.63, 3.8) is 0 Å². The lowest BCUT2D eigenvalue weighted by Crippen LogP contribution is -2.48. The van der Waals surface area contributed by atoms with Gasteiger partial charge in [-0.3, -0.25) is 9.89 Å². The molecule has 0 N–H and O–H groups in total. The zero-order chi connectivity index (χ0) is 14.3. The van der Waals surface area contributed by atoms with Gasteiger partial charge in [0.2, 0.25) is 0 Å². The minimum atomic E-state index is 0.301. The SMILES string of the molecule is CC1=NC(C)C(C)=C2CN(Cc3cc(C)on3)CCN12. The maximum absolute atomic E-state index is 5.15. The van der Waals surface area contributed by atoms with Crippen LogP contribution in [-0.2, 0) is 6.54 Å². The quantitative estimate of drug-likeness (QED) is 0.829. The first-order chi connectivity index (χ1) is 9.54. The number of hydrogen-bond acceptors (Lipinski definition) is 5. The Morgan fingerprint density at radius 1 is 1.30 bits per heavy atom. The fraction of sp³-hybridized carbons (Fsp3) is 0.600. The molecule has 0 aromatic carbocycles. The van der Waals surface area contributed by atoms with Gasteiger partial charge < -0.3 is 9.42 Å². The van der Waals surface area contributed by atoms with Gasteiger partial charge in [0, 0.05) is 37.9 Å². The molecule has 5 nitrogen and oxygen atoms in total. The number of aryl methyl sites for hydroxylation is 1. The molecule has 3 heterocycles. The summed E-state index contributed by atoms with van der Waals surface area (Å²) in [6, 6.07) is 2.32. The molecule has 5 heteroatoms. The minimum absolute atomic E-state index is 0.301. The van der Waals surface area contributed by atoms with E-state index in [-0.39, 0.29) is 0 Å². The average Bonchev–Trinajstić information content (AvgIpc) is 2.81. The molecule has 2 aliphatic rings. The zero-order valence-electron chi connectivity index (χ0n) is 12.7. The van der Waals surface area contributed by atoms with E-state index >= 15 is 0 Å². The lowest BCUT2D eigenvalue weighted by molar-refractivity contribution is 0.202. The number of amidine groups is 1. The topological polar surface area (TPSA) is 44.9 Å². The van der Waals surface area contributed by atoms with Gasteiger partial charge >= 0.3 is 0 Å². The Morgan fingerprint density at radius 2 is 2.10 bits per heavy atom. The molecule has 0 bridgehead atoms. The second-order valence-corrected chi connectivity index (χ2v) is 5.77. The van der Waals surface area contributed by atoms with Gasteiger partial charge in [0.25, 0.3) is 0 Å². The summed E-state index contributed by atoms with van der Waals surface area (Å²) >= 11 is 0. The summed E-state index contributed by atoms with van der Waals surface area (Å²) in [6.45, 7) is 12.3. The molecule has 1 fully saturated rings. The molecule has 0 radical (unpaired) electrons. The molecule has 1 aromatic heterocycles. The normalized spacial score (nSPS) is 23.9. The van der Waals surface area contributed by atoms with E-state index in [2.05, 4.69) is 35.7 Å².